The molecule has 0 saturated heterocycles. The fourth-order valence-corrected chi connectivity index (χ4v) is 5.33. The second kappa shape index (κ2) is 10.5. The Balaban J connectivity index is 1.35. The van der Waals surface area contributed by atoms with Crippen LogP contribution in [0, 0.1) is 0 Å². The number of benzene rings is 2. The van der Waals surface area contributed by atoms with E-state index in [1.807, 2.05) is 0 Å². The summed E-state index contributed by atoms with van der Waals surface area (Å²) in [6.45, 7) is 5.35. The van der Waals surface area contributed by atoms with E-state index in [0.29, 0.717) is 49.1 Å². The first-order chi connectivity index (χ1) is 16.4. The van der Waals surface area contributed by atoms with E-state index in [9.17, 15) is 13.2 Å². The fourth-order valence-electron chi connectivity index (χ4n) is 3.31. The Kier molecular flexibility index (Phi) is 7.39. The maximum absolute atomic E-state index is 12.6. The zero-order valence-corrected chi connectivity index (χ0v) is 20.3. The highest BCUT2D eigenvalue weighted by molar-refractivity contribution is 7.99. The number of hydrogen-bond donors (Lipinski definition) is 1. The highest BCUT2D eigenvalue weighted by atomic mass is 32.2. The predicted octanol–water partition coefficient (Wildman–Crippen LogP) is 3.27. The first kappa shape index (κ1) is 24.0. The Morgan fingerprint density at radius 3 is 2.44 bits per heavy atom. The molecule has 1 aromatic heterocycles. The minimum absolute atomic E-state index is 0.0666. The average Bonchev–Trinajstić information content (AvgIpc) is 3.32. The van der Waals surface area contributed by atoms with Crippen molar-refractivity contribution in [3.05, 3.63) is 42.5 Å². The molecular weight excluding hydrogens is 480 g/mol. The largest absolute Gasteiger partial charge is 0.486 e. The maximum atomic E-state index is 12.6. The number of aromatic nitrogens is 2. The van der Waals surface area contributed by atoms with Crippen molar-refractivity contribution in [1.82, 2.24) is 14.5 Å². The predicted molar refractivity (Wildman–Crippen MR) is 127 cm³/mol. The molecule has 10 nitrogen and oxygen atoms in total. The molecule has 0 aliphatic carbocycles. The van der Waals surface area contributed by atoms with Crippen molar-refractivity contribution < 1.29 is 27.1 Å². The van der Waals surface area contributed by atoms with Crippen LogP contribution in [-0.4, -0.2) is 60.9 Å². The van der Waals surface area contributed by atoms with Gasteiger partial charge in [-0.2, -0.15) is 4.31 Å². The monoisotopic (exact) mass is 504 g/mol. The van der Waals surface area contributed by atoms with Gasteiger partial charge in [0.25, 0.3) is 5.22 Å². The Labute approximate surface area is 201 Å². The topological polar surface area (TPSA) is 124 Å². The van der Waals surface area contributed by atoms with Crippen molar-refractivity contribution in [2.24, 2.45) is 0 Å². The van der Waals surface area contributed by atoms with Gasteiger partial charge in [0.1, 0.15) is 13.2 Å². The van der Waals surface area contributed by atoms with Crippen LogP contribution < -0.4 is 14.8 Å². The van der Waals surface area contributed by atoms with E-state index in [4.69, 9.17) is 13.9 Å². The molecule has 0 atom stereocenters. The summed E-state index contributed by atoms with van der Waals surface area (Å²) < 4.78 is 43.2. The standard InChI is InChI=1S/C22H24N4O6S2/c1-3-26(4-2)34(28,29)17-8-5-15(6-9-17)21-24-25-22(32-21)33-14-20(27)23-16-7-10-18-19(13-16)31-12-11-30-18/h5-10,13H,3-4,11-12,14H2,1-2H3,(H,23,27). The molecule has 1 amide bonds. The fraction of sp³-hybridized carbons (Fsp3) is 0.318. The third-order valence-electron chi connectivity index (χ3n) is 5.00. The molecule has 34 heavy (non-hydrogen) atoms. The normalized spacial score (nSPS) is 13.1. The van der Waals surface area contributed by atoms with Crippen molar-refractivity contribution in [3.63, 3.8) is 0 Å². The quantitative estimate of drug-likeness (QED) is 0.437. The second-order valence-electron chi connectivity index (χ2n) is 7.18. The summed E-state index contributed by atoms with van der Waals surface area (Å²) in [6, 6.07) is 11.5. The number of fused-ring (bicyclic) bond motifs is 1. The molecule has 0 radical (unpaired) electrons. The number of amides is 1. The van der Waals surface area contributed by atoms with Crippen LogP contribution in [0.1, 0.15) is 13.8 Å². The van der Waals surface area contributed by atoms with E-state index in [1.165, 1.54) is 16.4 Å². The number of carbonyl (C=O) groups is 1. The van der Waals surface area contributed by atoms with Crippen LogP contribution in [0.25, 0.3) is 11.5 Å². The summed E-state index contributed by atoms with van der Waals surface area (Å²) in [5, 5.41) is 11.0. The Hall–Kier alpha value is -3.09. The molecule has 0 spiro atoms. The van der Waals surface area contributed by atoms with Gasteiger partial charge in [-0.25, -0.2) is 8.42 Å². The maximum Gasteiger partial charge on any atom is 0.277 e. The molecule has 0 saturated carbocycles. The van der Waals surface area contributed by atoms with Crippen molar-refractivity contribution in [3.8, 4) is 23.0 Å². The number of anilines is 1. The number of ether oxygens (including phenoxy) is 2. The van der Waals surface area contributed by atoms with Gasteiger partial charge in [-0.3, -0.25) is 4.79 Å². The van der Waals surface area contributed by atoms with Gasteiger partial charge in [0, 0.05) is 30.4 Å². The molecule has 2 aromatic carbocycles. The lowest BCUT2D eigenvalue weighted by atomic mass is 10.2. The lowest BCUT2D eigenvalue weighted by Crippen LogP contribution is -2.30. The van der Waals surface area contributed by atoms with Crippen molar-refractivity contribution in [2.45, 2.75) is 24.0 Å². The van der Waals surface area contributed by atoms with Crippen molar-refractivity contribution >= 4 is 33.4 Å². The lowest BCUT2D eigenvalue weighted by Gasteiger charge is -2.18. The third-order valence-corrected chi connectivity index (χ3v) is 7.89. The van der Waals surface area contributed by atoms with Crippen LogP contribution >= 0.6 is 11.8 Å². The SMILES string of the molecule is CCN(CC)S(=O)(=O)c1ccc(-c2nnc(SCC(=O)Nc3ccc4c(c3)OCCO4)o2)cc1. The smallest absolute Gasteiger partial charge is 0.277 e. The van der Waals surface area contributed by atoms with E-state index in [1.54, 1.807) is 44.2 Å². The van der Waals surface area contributed by atoms with Crippen molar-refractivity contribution in [1.29, 1.82) is 0 Å². The molecule has 1 aliphatic heterocycles. The highest BCUT2D eigenvalue weighted by Gasteiger charge is 2.22. The number of nitrogens with zero attached hydrogens (tertiary/aromatic N) is 3. The van der Waals surface area contributed by atoms with Crippen LogP contribution in [0.3, 0.4) is 0 Å². The number of nitrogens with one attached hydrogen (secondary N) is 1. The van der Waals surface area contributed by atoms with Crippen LogP contribution in [0.4, 0.5) is 5.69 Å². The van der Waals surface area contributed by atoms with Gasteiger partial charge >= 0.3 is 0 Å². The molecule has 0 fully saturated rings. The van der Waals surface area contributed by atoms with E-state index in [0.717, 1.165) is 11.8 Å². The molecular formula is C22H24N4O6S2. The number of carbonyl (C=O) groups excluding carboxylic acids is 1. The molecule has 2 heterocycles. The van der Waals surface area contributed by atoms with Crippen LogP contribution in [0.2, 0.25) is 0 Å². The summed E-state index contributed by atoms with van der Waals surface area (Å²) in [5.74, 6) is 1.30. The van der Waals surface area contributed by atoms with Crippen molar-refractivity contribution in [2.75, 3.05) is 37.4 Å². The first-order valence-electron chi connectivity index (χ1n) is 10.7. The van der Waals surface area contributed by atoms with E-state index in [-0.39, 0.29) is 27.7 Å². The molecule has 1 aliphatic rings. The molecule has 0 unspecified atom stereocenters. The first-order valence-corrected chi connectivity index (χ1v) is 13.1. The van der Waals surface area contributed by atoms with Crippen LogP contribution in [-0.2, 0) is 14.8 Å². The zero-order chi connectivity index (χ0) is 24.1. The summed E-state index contributed by atoms with van der Waals surface area (Å²) in [5.41, 5.74) is 1.18. The van der Waals surface area contributed by atoms with E-state index in [2.05, 4.69) is 15.5 Å². The molecule has 180 valence electrons. The van der Waals surface area contributed by atoms with Gasteiger partial charge in [0.15, 0.2) is 11.5 Å². The minimum atomic E-state index is -3.54. The Morgan fingerprint density at radius 2 is 1.74 bits per heavy atom. The Morgan fingerprint density at radius 1 is 1.03 bits per heavy atom. The molecule has 1 N–H and O–H groups in total. The van der Waals surface area contributed by atoms with Crippen LogP contribution in [0.15, 0.2) is 57.0 Å². The number of thioether (sulfide) groups is 1. The summed E-state index contributed by atoms with van der Waals surface area (Å²) in [7, 11) is -3.54. The van der Waals surface area contributed by atoms with E-state index >= 15 is 0 Å². The molecule has 12 heteroatoms. The van der Waals surface area contributed by atoms with Gasteiger partial charge in [0.05, 0.1) is 10.6 Å². The van der Waals surface area contributed by atoms with Gasteiger partial charge in [-0.05, 0) is 36.4 Å². The van der Waals surface area contributed by atoms with Gasteiger partial charge in [-0.1, -0.05) is 25.6 Å². The highest BCUT2D eigenvalue weighted by Crippen LogP contribution is 2.32. The average molecular weight is 505 g/mol. The number of rotatable bonds is 9. The Bertz CT molecular complexity index is 1260. The van der Waals surface area contributed by atoms with Gasteiger partial charge in [-0.15, -0.1) is 10.2 Å². The van der Waals surface area contributed by atoms with Gasteiger partial charge < -0.3 is 19.2 Å². The van der Waals surface area contributed by atoms with E-state index < -0.39 is 10.0 Å². The molecule has 0 bridgehead atoms. The van der Waals surface area contributed by atoms with Gasteiger partial charge in [0.2, 0.25) is 21.8 Å². The summed E-state index contributed by atoms with van der Waals surface area (Å²) >= 11 is 1.10. The minimum Gasteiger partial charge on any atom is -0.486 e. The molecule has 3 aromatic rings. The third kappa shape index (κ3) is 5.34. The number of hydrogen-bond acceptors (Lipinski definition) is 9. The summed E-state index contributed by atoms with van der Waals surface area (Å²) in [6.07, 6.45) is 0. The van der Waals surface area contributed by atoms with Crippen LogP contribution in [0.5, 0.6) is 11.5 Å². The molecule has 4 rings (SSSR count). The second-order valence-corrected chi connectivity index (χ2v) is 10.0. The zero-order valence-electron chi connectivity index (χ0n) is 18.7. The lowest BCUT2D eigenvalue weighted by molar-refractivity contribution is -0.113. The summed E-state index contributed by atoms with van der Waals surface area (Å²) in [4.78, 5) is 12.5. The number of sulfonamides is 1.